The number of halogens is 1. The molecule has 1 aliphatic carbocycles. The molecular formula is C18H26FN7OS. The Bertz CT molecular complexity index is 822. The van der Waals surface area contributed by atoms with Gasteiger partial charge in [-0.3, -0.25) is 5.01 Å². The van der Waals surface area contributed by atoms with Crippen LogP contribution in [0.25, 0.3) is 10.6 Å². The number of anilines is 1. The van der Waals surface area contributed by atoms with Crippen molar-refractivity contribution in [3.05, 3.63) is 24.0 Å². The normalized spacial score (nSPS) is 15.5. The molecule has 1 aliphatic rings. The van der Waals surface area contributed by atoms with Gasteiger partial charge in [0, 0.05) is 18.7 Å². The molecule has 0 radical (unpaired) electrons. The summed E-state index contributed by atoms with van der Waals surface area (Å²) in [6.07, 6.45) is 5.70. The van der Waals surface area contributed by atoms with Crippen LogP contribution in [0.15, 0.2) is 23.3 Å². The maximum Gasteiger partial charge on any atom is 0.208 e. The van der Waals surface area contributed by atoms with Crippen molar-refractivity contribution in [1.82, 2.24) is 15.2 Å². The first-order chi connectivity index (χ1) is 13.5. The molecule has 28 heavy (non-hydrogen) atoms. The molecule has 10 heteroatoms. The number of nitrogens with zero attached hydrogens (tertiary/aromatic N) is 5. The fourth-order valence-electron chi connectivity index (χ4n) is 3.32. The summed E-state index contributed by atoms with van der Waals surface area (Å²) in [6.45, 7) is 0.422. The second kappa shape index (κ2) is 9.16. The van der Waals surface area contributed by atoms with Crippen molar-refractivity contribution in [2.75, 3.05) is 25.6 Å². The molecule has 0 aliphatic heterocycles. The van der Waals surface area contributed by atoms with Gasteiger partial charge < -0.3 is 15.5 Å². The molecule has 0 spiro atoms. The lowest BCUT2D eigenvalue weighted by atomic mass is 9.95. The van der Waals surface area contributed by atoms with Crippen LogP contribution in [0.1, 0.15) is 32.1 Å². The van der Waals surface area contributed by atoms with Gasteiger partial charge in [0.05, 0.1) is 13.7 Å². The fourth-order valence-corrected chi connectivity index (χ4v) is 4.12. The average Bonchev–Trinajstić information content (AvgIpc) is 3.22. The third-order valence-electron chi connectivity index (χ3n) is 4.93. The second-order valence-corrected chi connectivity index (χ2v) is 7.80. The second-order valence-electron chi connectivity index (χ2n) is 6.84. The molecule has 1 saturated carbocycles. The van der Waals surface area contributed by atoms with Crippen LogP contribution >= 0.6 is 11.3 Å². The van der Waals surface area contributed by atoms with Crippen LogP contribution in [0.2, 0.25) is 0 Å². The number of likely N-dealkylation sites (N-methyl/N-ethyl adjacent to an activating group) is 1. The molecule has 0 bridgehead atoms. The standard InChI is InChI=1S/C18H26FN7OS/c1-25(11-16(22-20)26(21)13-6-4-3-5-7-13)18-24-23-17(28-18)12-8-9-14(19)15(10-12)27-2/h8-10,13H,3-7,11,20-21H2,1-2H3/b22-16-. The van der Waals surface area contributed by atoms with Gasteiger partial charge in [-0.05, 0) is 31.0 Å². The van der Waals surface area contributed by atoms with Crippen molar-refractivity contribution >= 4 is 22.3 Å². The number of benzene rings is 1. The van der Waals surface area contributed by atoms with E-state index in [4.69, 9.17) is 16.4 Å². The predicted octanol–water partition coefficient (Wildman–Crippen LogP) is 2.57. The highest BCUT2D eigenvalue weighted by atomic mass is 32.1. The smallest absolute Gasteiger partial charge is 0.208 e. The van der Waals surface area contributed by atoms with Gasteiger partial charge in [0.1, 0.15) is 5.01 Å². The van der Waals surface area contributed by atoms with E-state index in [9.17, 15) is 4.39 Å². The summed E-state index contributed by atoms with van der Waals surface area (Å²) < 4.78 is 18.7. The third kappa shape index (κ3) is 4.50. The Kier molecular flexibility index (Phi) is 6.63. The molecule has 0 amide bonds. The van der Waals surface area contributed by atoms with Gasteiger partial charge in [0.25, 0.3) is 0 Å². The van der Waals surface area contributed by atoms with Gasteiger partial charge in [-0.15, -0.1) is 10.2 Å². The maximum atomic E-state index is 13.6. The van der Waals surface area contributed by atoms with Crippen molar-refractivity contribution in [3.63, 3.8) is 0 Å². The summed E-state index contributed by atoms with van der Waals surface area (Å²) in [5.74, 6) is 12.3. The molecule has 1 aromatic heterocycles. The Balaban J connectivity index is 1.70. The molecule has 8 nitrogen and oxygen atoms in total. The van der Waals surface area contributed by atoms with Gasteiger partial charge in [-0.2, -0.15) is 5.10 Å². The van der Waals surface area contributed by atoms with E-state index in [2.05, 4.69) is 15.3 Å². The first kappa shape index (κ1) is 20.3. The van der Waals surface area contributed by atoms with Crippen molar-refractivity contribution < 1.29 is 9.13 Å². The van der Waals surface area contributed by atoms with Crippen molar-refractivity contribution in [1.29, 1.82) is 0 Å². The van der Waals surface area contributed by atoms with E-state index in [-0.39, 0.29) is 11.8 Å². The minimum Gasteiger partial charge on any atom is -0.494 e. The number of methoxy groups -OCH3 is 1. The van der Waals surface area contributed by atoms with Gasteiger partial charge in [0.2, 0.25) is 5.13 Å². The van der Waals surface area contributed by atoms with Gasteiger partial charge in [0.15, 0.2) is 17.4 Å². The van der Waals surface area contributed by atoms with E-state index in [0.717, 1.165) is 18.4 Å². The molecule has 4 N–H and O–H groups in total. The molecule has 0 unspecified atom stereocenters. The molecule has 2 aromatic rings. The number of hydrogen-bond acceptors (Lipinski definition) is 8. The number of aromatic nitrogens is 2. The van der Waals surface area contributed by atoms with Crippen LogP contribution in [-0.4, -0.2) is 47.8 Å². The van der Waals surface area contributed by atoms with E-state index >= 15 is 0 Å². The van der Waals surface area contributed by atoms with Crippen LogP contribution in [0.4, 0.5) is 9.52 Å². The van der Waals surface area contributed by atoms with Crippen LogP contribution in [0.3, 0.4) is 0 Å². The highest BCUT2D eigenvalue weighted by Crippen LogP contribution is 2.31. The lowest BCUT2D eigenvalue weighted by Gasteiger charge is -2.33. The Labute approximate surface area is 167 Å². The molecular weight excluding hydrogens is 381 g/mol. The minimum atomic E-state index is -0.414. The Morgan fingerprint density at radius 1 is 1.32 bits per heavy atom. The topological polar surface area (TPSA) is 106 Å². The fraction of sp³-hybridized carbons (Fsp3) is 0.500. The maximum absolute atomic E-state index is 13.6. The lowest BCUT2D eigenvalue weighted by Crippen LogP contribution is -2.50. The first-order valence-corrected chi connectivity index (χ1v) is 10.0. The zero-order chi connectivity index (χ0) is 20.1. The predicted molar refractivity (Wildman–Crippen MR) is 110 cm³/mol. The van der Waals surface area contributed by atoms with Crippen LogP contribution in [-0.2, 0) is 0 Å². The first-order valence-electron chi connectivity index (χ1n) is 9.22. The average molecular weight is 408 g/mol. The molecule has 0 saturated heterocycles. The summed E-state index contributed by atoms with van der Waals surface area (Å²) in [6, 6.07) is 4.88. The minimum absolute atomic E-state index is 0.173. The van der Waals surface area contributed by atoms with Crippen molar-refractivity contribution in [3.8, 4) is 16.3 Å². The van der Waals surface area contributed by atoms with Gasteiger partial charge in [-0.25, -0.2) is 10.2 Å². The van der Waals surface area contributed by atoms with E-state index in [1.54, 1.807) is 17.1 Å². The number of hydrazine groups is 1. The zero-order valence-electron chi connectivity index (χ0n) is 16.1. The van der Waals surface area contributed by atoms with Crippen molar-refractivity contribution in [2.24, 2.45) is 16.8 Å². The van der Waals surface area contributed by atoms with Crippen LogP contribution in [0, 0.1) is 5.82 Å². The van der Waals surface area contributed by atoms with E-state index in [1.165, 1.54) is 43.8 Å². The summed E-state index contributed by atoms with van der Waals surface area (Å²) in [4.78, 5) is 1.90. The molecule has 152 valence electrons. The molecule has 1 fully saturated rings. The molecule has 3 rings (SSSR count). The number of hydrogen-bond donors (Lipinski definition) is 2. The number of ether oxygens (including phenoxy) is 1. The van der Waals surface area contributed by atoms with Crippen LogP contribution < -0.4 is 21.3 Å². The lowest BCUT2D eigenvalue weighted by molar-refractivity contribution is 0.245. The van der Waals surface area contributed by atoms with E-state index in [0.29, 0.717) is 22.5 Å². The summed E-state index contributed by atoms with van der Waals surface area (Å²) in [5, 5.41) is 15.4. The highest BCUT2D eigenvalue weighted by molar-refractivity contribution is 7.18. The number of amidine groups is 1. The summed E-state index contributed by atoms with van der Waals surface area (Å²) in [5.41, 5.74) is 0.741. The quantitative estimate of drug-likeness (QED) is 0.328. The summed E-state index contributed by atoms with van der Waals surface area (Å²) in [7, 11) is 3.31. The number of hydrazone groups is 1. The van der Waals surface area contributed by atoms with Gasteiger partial charge >= 0.3 is 0 Å². The largest absolute Gasteiger partial charge is 0.494 e. The molecule has 1 aromatic carbocycles. The number of rotatable bonds is 6. The van der Waals surface area contributed by atoms with E-state index in [1.807, 2.05) is 11.9 Å². The van der Waals surface area contributed by atoms with Crippen LogP contribution in [0.5, 0.6) is 5.75 Å². The Hall–Kier alpha value is -2.46. The van der Waals surface area contributed by atoms with Crippen molar-refractivity contribution in [2.45, 2.75) is 38.1 Å². The molecule has 1 heterocycles. The van der Waals surface area contributed by atoms with Gasteiger partial charge in [-0.1, -0.05) is 30.6 Å². The zero-order valence-corrected chi connectivity index (χ0v) is 17.0. The third-order valence-corrected chi connectivity index (χ3v) is 6.02. The highest BCUT2D eigenvalue weighted by Gasteiger charge is 2.23. The Morgan fingerprint density at radius 3 is 2.75 bits per heavy atom. The monoisotopic (exact) mass is 407 g/mol. The van der Waals surface area contributed by atoms with E-state index < -0.39 is 5.82 Å². The SMILES string of the molecule is COc1cc(-c2nnc(N(C)C/C(=N/N)N(N)C3CCCCC3)s2)ccc1F. The molecule has 0 atom stereocenters. The number of nitrogens with two attached hydrogens (primary N) is 2. The summed E-state index contributed by atoms with van der Waals surface area (Å²) >= 11 is 1.39. The Morgan fingerprint density at radius 2 is 2.07 bits per heavy atom.